The monoisotopic (exact) mass is 344 g/mol. The van der Waals surface area contributed by atoms with Gasteiger partial charge in [-0.2, -0.15) is 0 Å². The molecular weight excluding hydrogens is 310 g/mol. The third kappa shape index (κ3) is 10.3. The molecule has 5 N–H and O–H groups in total. The number of hydrazine groups is 1. The highest BCUT2D eigenvalue weighted by molar-refractivity contribution is 5.61. The number of aliphatic hydroxyl groups is 2. The van der Waals surface area contributed by atoms with Crippen LogP contribution in [0.5, 0.6) is 0 Å². The van der Waals surface area contributed by atoms with Crippen LogP contribution in [0.3, 0.4) is 0 Å². The van der Waals surface area contributed by atoms with E-state index in [-0.39, 0.29) is 25.4 Å². The third-order valence-corrected chi connectivity index (χ3v) is 4.16. The zero-order chi connectivity index (χ0) is 17.5. The van der Waals surface area contributed by atoms with Gasteiger partial charge in [0.05, 0.1) is 19.4 Å². The first-order chi connectivity index (χ1) is 11.8. The van der Waals surface area contributed by atoms with E-state index in [0.29, 0.717) is 19.6 Å². The lowest BCUT2D eigenvalue weighted by molar-refractivity contribution is -0.365. The molecule has 1 aliphatic carbocycles. The minimum Gasteiger partial charge on any atom is -0.854 e. The van der Waals surface area contributed by atoms with Crippen LogP contribution in [0.15, 0.2) is 4.99 Å². The Kier molecular flexibility index (Phi) is 13.1. The van der Waals surface area contributed by atoms with Gasteiger partial charge >= 0.3 is 0 Å². The van der Waals surface area contributed by atoms with Crippen molar-refractivity contribution in [2.45, 2.75) is 31.8 Å². The maximum absolute atomic E-state index is 10.4. The Labute approximate surface area is 145 Å². The van der Waals surface area contributed by atoms with Gasteiger partial charge in [-0.1, -0.05) is 12.8 Å². The van der Waals surface area contributed by atoms with Crippen molar-refractivity contribution in [3.05, 3.63) is 0 Å². The summed E-state index contributed by atoms with van der Waals surface area (Å²) in [5.41, 5.74) is 3.31. The van der Waals surface area contributed by atoms with Crippen LogP contribution in [0.2, 0.25) is 0 Å². The van der Waals surface area contributed by atoms with Gasteiger partial charge in [0.15, 0.2) is 0 Å². The summed E-state index contributed by atoms with van der Waals surface area (Å²) < 4.78 is 0. The van der Waals surface area contributed by atoms with E-state index in [1.54, 1.807) is 0 Å². The molecular formula is C16H34N5O3-. The number of aliphatic hydroxyl groups excluding tert-OH is 2. The van der Waals surface area contributed by atoms with Crippen molar-refractivity contribution in [1.82, 2.24) is 21.1 Å². The van der Waals surface area contributed by atoms with Gasteiger partial charge in [-0.05, 0) is 19.4 Å². The molecule has 2 unspecified atom stereocenters. The predicted octanol–water partition coefficient (Wildman–Crippen LogP) is -2.10. The highest BCUT2D eigenvalue weighted by atomic mass is 16.3. The Morgan fingerprint density at radius 3 is 2.67 bits per heavy atom. The summed E-state index contributed by atoms with van der Waals surface area (Å²) in [4.78, 5) is 4.48. The second-order valence-corrected chi connectivity index (χ2v) is 6.08. The number of rotatable bonds is 14. The second kappa shape index (κ2) is 14.7. The molecule has 0 bridgehead atoms. The molecule has 0 aromatic heterocycles. The highest BCUT2D eigenvalue weighted by Gasteiger charge is 2.20. The van der Waals surface area contributed by atoms with Crippen LogP contribution in [0.25, 0.3) is 0 Å². The fourth-order valence-corrected chi connectivity index (χ4v) is 2.76. The largest absolute Gasteiger partial charge is 0.854 e. The molecule has 0 aromatic rings. The standard InChI is InChI=1S/C16H34N5O3/c22-12-9-17-5-6-20-21(11-8-19-14-23)10-7-18-13-15-3-1-2-4-16(15)24/h13,15-17,19-20,23-24H,1-12,14H2/q-1. The van der Waals surface area contributed by atoms with Crippen molar-refractivity contribution in [2.24, 2.45) is 10.9 Å². The molecule has 8 heteroatoms. The minimum absolute atomic E-state index is 0.0311. The summed E-state index contributed by atoms with van der Waals surface area (Å²) in [6.45, 7) is 4.70. The first kappa shape index (κ1) is 21.4. The molecule has 1 aliphatic rings. The van der Waals surface area contributed by atoms with Crippen LogP contribution in [-0.2, 0) is 0 Å². The van der Waals surface area contributed by atoms with Crippen molar-refractivity contribution in [2.75, 3.05) is 59.2 Å². The van der Waals surface area contributed by atoms with Gasteiger partial charge in [0.1, 0.15) is 0 Å². The molecule has 0 amide bonds. The van der Waals surface area contributed by atoms with Crippen LogP contribution in [0.4, 0.5) is 0 Å². The molecule has 0 aromatic carbocycles. The van der Waals surface area contributed by atoms with Crippen LogP contribution >= 0.6 is 0 Å². The molecule has 8 nitrogen and oxygen atoms in total. The van der Waals surface area contributed by atoms with Crippen molar-refractivity contribution < 1.29 is 15.3 Å². The number of hydrogen-bond donors (Lipinski definition) is 5. The molecule has 0 aliphatic heterocycles. The first-order valence-electron chi connectivity index (χ1n) is 9.04. The zero-order valence-corrected chi connectivity index (χ0v) is 14.6. The zero-order valence-electron chi connectivity index (χ0n) is 14.6. The molecule has 1 fully saturated rings. The van der Waals surface area contributed by atoms with E-state index in [1.165, 1.54) is 6.42 Å². The molecule has 142 valence electrons. The maximum atomic E-state index is 10.4. The van der Waals surface area contributed by atoms with Crippen LogP contribution in [0.1, 0.15) is 25.7 Å². The Bertz CT molecular complexity index is 320. The van der Waals surface area contributed by atoms with Crippen molar-refractivity contribution in [3.63, 3.8) is 0 Å². The van der Waals surface area contributed by atoms with Gasteiger partial charge < -0.3 is 20.6 Å². The van der Waals surface area contributed by atoms with Gasteiger partial charge in [0.2, 0.25) is 0 Å². The number of aliphatic imine (C=N–C) groups is 1. The fourth-order valence-electron chi connectivity index (χ4n) is 2.76. The Balaban J connectivity index is 2.23. The Hall–Kier alpha value is -0.610. The molecule has 1 rings (SSSR count). The molecule has 0 saturated heterocycles. The number of nitrogens with zero attached hydrogens (tertiary/aromatic N) is 2. The summed E-state index contributed by atoms with van der Waals surface area (Å²) in [6, 6.07) is 0. The van der Waals surface area contributed by atoms with E-state index >= 15 is 0 Å². The van der Waals surface area contributed by atoms with Crippen LogP contribution in [-0.4, -0.2) is 86.7 Å². The second-order valence-electron chi connectivity index (χ2n) is 6.08. The Morgan fingerprint density at radius 1 is 1.08 bits per heavy atom. The van der Waals surface area contributed by atoms with E-state index < -0.39 is 0 Å². The van der Waals surface area contributed by atoms with Crippen LogP contribution in [0, 0.1) is 5.92 Å². The lowest BCUT2D eigenvalue weighted by atomic mass is 9.87. The van der Waals surface area contributed by atoms with E-state index in [9.17, 15) is 10.2 Å². The van der Waals surface area contributed by atoms with E-state index in [4.69, 9.17) is 5.11 Å². The maximum Gasteiger partial charge on any atom is 0.0931 e. The number of nitrogens with one attached hydrogen (secondary N) is 3. The summed E-state index contributed by atoms with van der Waals surface area (Å²) in [7, 11) is 0. The topological polar surface area (TPSA) is 115 Å². The predicted molar refractivity (Wildman–Crippen MR) is 93.7 cm³/mol. The molecule has 0 spiro atoms. The van der Waals surface area contributed by atoms with E-state index in [0.717, 1.165) is 45.4 Å². The third-order valence-electron chi connectivity index (χ3n) is 4.16. The molecule has 24 heavy (non-hydrogen) atoms. The summed E-state index contributed by atoms with van der Waals surface area (Å²) in [6.07, 6.45) is 5.87. The summed E-state index contributed by atoms with van der Waals surface area (Å²) >= 11 is 0. The lowest BCUT2D eigenvalue weighted by Gasteiger charge is -2.25. The molecule has 0 heterocycles. The van der Waals surface area contributed by atoms with Gasteiger partial charge in [-0.15, -0.1) is 6.61 Å². The van der Waals surface area contributed by atoms with Gasteiger partial charge in [-0.25, -0.2) is 5.01 Å². The van der Waals surface area contributed by atoms with Crippen molar-refractivity contribution >= 4 is 6.21 Å². The molecule has 1 saturated carbocycles. The van der Waals surface area contributed by atoms with E-state index in [2.05, 4.69) is 26.1 Å². The minimum atomic E-state index is -0.238. The lowest BCUT2D eigenvalue weighted by Crippen LogP contribution is -2.46. The highest BCUT2D eigenvalue weighted by Crippen LogP contribution is 2.22. The van der Waals surface area contributed by atoms with Gasteiger partial charge in [-0.3, -0.25) is 15.7 Å². The average molecular weight is 344 g/mol. The SMILES string of the molecule is [O-]CCNCCNN(CCN=CC1CCCCC1O)CCNCO. The molecule has 0 radical (unpaired) electrons. The quantitative estimate of drug-likeness (QED) is 0.106. The van der Waals surface area contributed by atoms with Crippen LogP contribution < -0.4 is 21.2 Å². The van der Waals surface area contributed by atoms with Gasteiger partial charge in [0.25, 0.3) is 0 Å². The first-order valence-corrected chi connectivity index (χ1v) is 9.04. The van der Waals surface area contributed by atoms with Crippen molar-refractivity contribution in [3.8, 4) is 0 Å². The Morgan fingerprint density at radius 2 is 1.92 bits per heavy atom. The fraction of sp³-hybridized carbons (Fsp3) is 0.938. The molecule has 2 atom stereocenters. The van der Waals surface area contributed by atoms with Crippen molar-refractivity contribution in [1.29, 1.82) is 0 Å². The normalized spacial score (nSPS) is 21.8. The summed E-state index contributed by atoms with van der Waals surface area (Å²) in [5, 5.41) is 37.1. The average Bonchev–Trinajstić information content (AvgIpc) is 2.59. The smallest absolute Gasteiger partial charge is 0.0931 e. The van der Waals surface area contributed by atoms with Gasteiger partial charge in [0, 0.05) is 44.9 Å². The number of hydrogen-bond acceptors (Lipinski definition) is 8. The van der Waals surface area contributed by atoms with E-state index in [1.807, 2.05) is 6.21 Å². The summed E-state index contributed by atoms with van der Waals surface area (Å²) in [5.74, 6) is 0.201.